The van der Waals surface area contributed by atoms with Crippen molar-refractivity contribution >= 4 is 131 Å². The zero-order valence-corrected chi connectivity index (χ0v) is 74.9. The van der Waals surface area contributed by atoms with Crippen LogP contribution in [0.4, 0.5) is 0 Å². The van der Waals surface area contributed by atoms with Crippen LogP contribution in [0, 0.1) is 0 Å². The first kappa shape index (κ1) is 78.2. The maximum absolute atomic E-state index is 5.63. The topological polar surface area (TPSA) is 55.4 Å². The van der Waals surface area contributed by atoms with Crippen LogP contribution in [-0.4, -0.2) is 37.4 Å². The minimum Gasteiger partial charge on any atom is -0.309 e. The van der Waals surface area contributed by atoms with E-state index in [4.69, 9.17) is 9.97 Å². The minimum atomic E-state index is 0.627. The van der Waals surface area contributed by atoms with Crippen LogP contribution < -0.4 is 0 Å². The number of rotatable bonds is 15. The van der Waals surface area contributed by atoms with Crippen LogP contribution in [0.1, 0.15) is 0 Å². The summed E-state index contributed by atoms with van der Waals surface area (Å²) in [5, 5.41) is 14.4. The van der Waals surface area contributed by atoms with Gasteiger partial charge in [0.1, 0.15) is 0 Å². The highest BCUT2D eigenvalue weighted by molar-refractivity contribution is 6.18. The third-order valence-electron chi connectivity index (χ3n) is 28.6. The van der Waals surface area contributed by atoms with Crippen LogP contribution in [0.15, 0.2) is 497 Å². The van der Waals surface area contributed by atoms with E-state index < -0.39 is 0 Å². The lowest BCUT2D eigenvalue weighted by Gasteiger charge is -2.14. The summed E-state index contributed by atoms with van der Waals surface area (Å²) in [6.45, 7) is 0. The van der Waals surface area contributed by atoms with Gasteiger partial charge in [0, 0.05) is 115 Å². The number of fused-ring (bicyclic) bond motifs is 18. The van der Waals surface area contributed by atoms with Gasteiger partial charge in [-0.1, -0.05) is 291 Å². The summed E-state index contributed by atoms with van der Waals surface area (Å²) in [6, 6.07) is 183. The lowest BCUT2D eigenvalue weighted by Crippen LogP contribution is -1.98. The highest BCUT2D eigenvalue weighted by Crippen LogP contribution is 2.47. The molecule has 8 nitrogen and oxygen atoms in total. The molecule has 0 saturated carbocycles. The summed E-state index contributed by atoms with van der Waals surface area (Å²) in [5.74, 6) is 0.627. The van der Waals surface area contributed by atoms with Crippen molar-refractivity contribution in [2.75, 3.05) is 0 Å². The summed E-state index contributed by atoms with van der Waals surface area (Å²) in [7, 11) is 0. The van der Waals surface area contributed by atoms with E-state index in [9.17, 15) is 0 Å². The Morgan fingerprint density at radius 1 is 0.116 bits per heavy atom. The molecule has 21 aromatic carbocycles. The predicted octanol–water partition coefficient (Wildman–Crippen LogP) is 34.1. The Hall–Kier alpha value is -18.5. The first-order valence-electron chi connectivity index (χ1n) is 47.3. The van der Waals surface area contributed by atoms with Crippen molar-refractivity contribution in [1.29, 1.82) is 0 Å². The number of benzene rings is 21. The summed E-state index contributed by atoms with van der Waals surface area (Å²) in [4.78, 5) is 11.3. The van der Waals surface area contributed by atoms with Crippen LogP contribution >= 0.6 is 0 Å². The van der Waals surface area contributed by atoms with E-state index >= 15 is 0 Å². The van der Waals surface area contributed by atoms with Gasteiger partial charge in [-0.15, -0.1) is 0 Å². The molecule has 0 bridgehead atoms. The average molecular weight is 1760 g/mol. The van der Waals surface area contributed by atoms with Gasteiger partial charge in [-0.05, 0) is 273 Å². The Bertz CT molecular complexity index is 8870. The molecule has 7 heterocycles. The van der Waals surface area contributed by atoms with E-state index in [2.05, 4.69) is 525 Å². The zero-order chi connectivity index (χ0) is 90.6. The van der Waals surface area contributed by atoms with Crippen molar-refractivity contribution < 1.29 is 0 Å². The van der Waals surface area contributed by atoms with Crippen LogP contribution in [0.3, 0.4) is 0 Å². The average Bonchev–Trinajstić information content (AvgIpc) is 1.59. The summed E-state index contributed by atoms with van der Waals surface area (Å²) in [5.41, 5.74) is 38.7. The van der Waals surface area contributed by atoms with E-state index in [1.165, 1.54) is 87.2 Å². The molecule has 0 saturated heterocycles. The van der Waals surface area contributed by atoms with Gasteiger partial charge in [0.25, 0.3) is 0 Å². The highest BCUT2D eigenvalue weighted by Gasteiger charge is 2.25. The molecule has 0 radical (unpaired) electrons. The van der Waals surface area contributed by atoms with Gasteiger partial charge in [0.05, 0.1) is 77.6 Å². The molecule has 0 atom stereocenters. The van der Waals surface area contributed by atoms with Gasteiger partial charge in [-0.3, -0.25) is 0 Å². The lowest BCUT2D eigenvalue weighted by molar-refractivity contribution is 1.16. The molecule has 0 spiro atoms. The Balaban J connectivity index is 0.585. The number of aromatic nitrogens is 8. The Morgan fingerprint density at radius 3 is 0.601 bits per heavy atom. The SMILES string of the molecule is c1ccc(-c2ccccc2-c2cccc(-c3nc(-c4ccc(-n5c6ccc(-c7ccc8c(c7)c7ccccc7n8-c7ccccc7)cc6c6cc(-c7ccc8c(c7)c7ccccc7n8-c7ccccc7)ccc65)cc4)cc(-c4ccc(-n5c6ccc(-c7ccc8c(c7)c7ccccc7n8-c7ccccc7)cc6c6cc(-c7ccc8c(c7)c7ccccc7n8-c7ccccc7)ccc65)cc4)n3)c2)cc1. The standard InChI is InChI=1S/C130H82N8/c1-6-27-83(28-7-1)102-39-16-17-40-103(102)94-29-26-30-95(73-94)130-131-116(84-49-61-100(62-50-84)137-126-69-57-90(86-53-65-122-108(74-86)104-41-18-22-45-118(104)133(122)96-31-8-2-9-32-96)78-112(126)113-79-91(58-70-127(113)137)87-54-66-123-109(75-87)105-42-19-23-46-119(105)134(123)97-33-10-3-11-34-97)82-117(132-130)85-51-63-101(64-52-85)138-128-71-59-92(88-55-67-124-110(76-88)106-43-20-24-47-120(106)135(124)98-35-12-4-13-36-98)80-114(128)115-81-93(60-72-129(115)138)89-56-68-125-111(77-89)107-44-21-25-48-121(107)136(125)99-37-14-5-15-38-99/h1-82H. The minimum absolute atomic E-state index is 0.627. The molecule has 138 heavy (non-hydrogen) atoms. The molecule has 0 amide bonds. The Kier molecular flexibility index (Phi) is 17.9. The number of nitrogens with zero attached hydrogens (tertiary/aromatic N) is 8. The van der Waals surface area contributed by atoms with E-state index in [0.29, 0.717) is 5.82 Å². The second-order valence-electron chi connectivity index (χ2n) is 36.3. The van der Waals surface area contributed by atoms with Gasteiger partial charge in [0.15, 0.2) is 5.82 Å². The van der Waals surface area contributed by atoms with E-state index in [-0.39, 0.29) is 0 Å². The quantitative estimate of drug-likeness (QED) is 0.103. The molecule has 0 unspecified atom stereocenters. The molecule has 0 fully saturated rings. The van der Waals surface area contributed by atoms with Gasteiger partial charge in [0.2, 0.25) is 0 Å². The molecule has 642 valence electrons. The monoisotopic (exact) mass is 1750 g/mol. The largest absolute Gasteiger partial charge is 0.309 e. The second-order valence-corrected chi connectivity index (χ2v) is 36.3. The van der Waals surface area contributed by atoms with E-state index in [0.717, 1.165) is 173 Å². The number of para-hydroxylation sites is 8. The summed E-state index contributed by atoms with van der Waals surface area (Å²) < 4.78 is 14.5. The van der Waals surface area contributed by atoms with Gasteiger partial charge in [-0.2, -0.15) is 0 Å². The maximum Gasteiger partial charge on any atom is 0.160 e. The fourth-order valence-corrected chi connectivity index (χ4v) is 22.2. The van der Waals surface area contributed by atoms with E-state index in [1.54, 1.807) is 0 Å². The molecule has 8 heteroatoms. The van der Waals surface area contributed by atoms with Crippen LogP contribution in [0.25, 0.3) is 266 Å². The molecule has 0 aliphatic heterocycles. The number of hydrogen-bond acceptors (Lipinski definition) is 2. The van der Waals surface area contributed by atoms with Crippen LogP contribution in [-0.2, 0) is 0 Å². The zero-order valence-electron chi connectivity index (χ0n) is 74.9. The van der Waals surface area contributed by atoms with Gasteiger partial charge >= 0.3 is 0 Å². The molecule has 28 rings (SSSR count). The molecule has 0 aliphatic rings. The Labute approximate surface area is 794 Å². The van der Waals surface area contributed by atoms with Gasteiger partial charge in [-0.25, -0.2) is 9.97 Å². The maximum atomic E-state index is 5.63. The molecule has 7 aromatic heterocycles. The van der Waals surface area contributed by atoms with Crippen molar-refractivity contribution in [3.63, 3.8) is 0 Å². The molecule has 0 aliphatic carbocycles. The van der Waals surface area contributed by atoms with E-state index in [1.807, 2.05) is 0 Å². The lowest BCUT2D eigenvalue weighted by atomic mass is 9.93. The summed E-state index contributed by atoms with van der Waals surface area (Å²) >= 11 is 0. The fourth-order valence-electron chi connectivity index (χ4n) is 22.2. The molecular formula is C130H82N8. The third kappa shape index (κ3) is 12.7. The summed E-state index contributed by atoms with van der Waals surface area (Å²) in [6.07, 6.45) is 0. The smallest absolute Gasteiger partial charge is 0.160 e. The van der Waals surface area contributed by atoms with Crippen molar-refractivity contribution in [3.05, 3.63) is 497 Å². The molecular weight excluding hydrogens is 1670 g/mol. The third-order valence-corrected chi connectivity index (χ3v) is 28.6. The molecule has 28 aromatic rings. The first-order chi connectivity index (χ1) is 68.4. The normalized spacial score (nSPS) is 11.9. The van der Waals surface area contributed by atoms with Crippen LogP contribution in [0.2, 0.25) is 0 Å². The first-order valence-corrected chi connectivity index (χ1v) is 47.3. The van der Waals surface area contributed by atoms with Gasteiger partial charge < -0.3 is 27.4 Å². The van der Waals surface area contributed by atoms with Crippen molar-refractivity contribution in [2.24, 2.45) is 0 Å². The highest BCUT2D eigenvalue weighted by atomic mass is 15.0. The molecule has 0 N–H and O–H groups in total. The number of hydrogen-bond donors (Lipinski definition) is 0. The predicted molar refractivity (Wildman–Crippen MR) is 577 cm³/mol. The van der Waals surface area contributed by atoms with Crippen molar-refractivity contribution in [1.82, 2.24) is 37.4 Å². The van der Waals surface area contributed by atoms with Crippen molar-refractivity contribution in [3.8, 4) is 135 Å². The van der Waals surface area contributed by atoms with Crippen molar-refractivity contribution in [2.45, 2.75) is 0 Å². The van der Waals surface area contributed by atoms with Crippen LogP contribution in [0.5, 0.6) is 0 Å². The fraction of sp³-hybridized carbons (Fsp3) is 0. The Morgan fingerprint density at radius 2 is 0.319 bits per heavy atom. The second kappa shape index (κ2) is 31.6.